The standard InChI is InChI=1S/C35H37FN8O5/c1-5-43-33-32(34(46)44(6-2)35(43)47)40(3)29(39-33)14-9-23-7-11-25(12-8-23)49-21-31(45)42-17-15-41(16-18-42)30-20-27(37-22-38-30)26-19-24(36)10-13-28(26)48-4/h7-14,19-20,22H,5-6,15-18,21H2,1-4H3. The van der Waals surface area contributed by atoms with Gasteiger partial charge in [-0.15, -0.1) is 0 Å². The van der Waals surface area contributed by atoms with Crippen molar-refractivity contribution in [1.82, 2.24) is 33.6 Å². The summed E-state index contributed by atoms with van der Waals surface area (Å²) in [6.07, 6.45) is 5.09. The lowest BCUT2D eigenvalue weighted by Gasteiger charge is -2.35. The van der Waals surface area contributed by atoms with Crippen molar-refractivity contribution in [3.05, 3.63) is 92.9 Å². The number of fused-ring (bicyclic) bond motifs is 1. The molecule has 1 fully saturated rings. The number of aryl methyl sites for hydroxylation is 2. The third-order valence-corrected chi connectivity index (χ3v) is 8.62. The summed E-state index contributed by atoms with van der Waals surface area (Å²) in [7, 11) is 3.28. The van der Waals surface area contributed by atoms with Crippen LogP contribution in [-0.2, 0) is 24.9 Å². The van der Waals surface area contributed by atoms with Gasteiger partial charge in [0.25, 0.3) is 11.5 Å². The quantitative estimate of drug-likeness (QED) is 0.220. The number of piperazine rings is 1. The highest BCUT2D eigenvalue weighted by molar-refractivity contribution is 5.79. The molecule has 0 atom stereocenters. The van der Waals surface area contributed by atoms with Gasteiger partial charge in [-0.05, 0) is 55.8 Å². The Morgan fingerprint density at radius 1 is 0.939 bits per heavy atom. The summed E-state index contributed by atoms with van der Waals surface area (Å²) in [6, 6.07) is 13.4. The van der Waals surface area contributed by atoms with Crippen molar-refractivity contribution in [1.29, 1.82) is 0 Å². The van der Waals surface area contributed by atoms with E-state index >= 15 is 0 Å². The number of aromatic nitrogens is 6. The van der Waals surface area contributed by atoms with Crippen LogP contribution in [0.4, 0.5) is 10.2 Å². The fourth-order valence-corrected chi connectivity index (χ4v) is 5.91. The molecule has 0 N–H and O–H groups in total. The van der Waals surface area contributed by atoms with Crippen molar-refractivity contribution in [2.45, 2.75) is 26.9 Å². The van der Waals surface area contributed by atoms with Crippen LogP contribution >= 0.6 is 0 Å². The molecule has 0 radical (unpaired) electrons. The molecule has 1 amide bonds. The highest BCUT2D eigenvalue weighted by Crippen LogP contribution is 2.31. The van der Waals surface area contributed by atoms with Crippen LogP contribution in [0.15, 0.2) is 64.4 Å². The first-order valence-corrected chi connectivity index (χ1v) is 16.0. The van der Waals surface area contributed by atoms with Crippen molar-refractivity contribution in [3.63, 3.8) is 0 Å². The fourth-order valence-electron chi connectivity index (χ4n) is 5.91. The van der Waals surface area contributed by atoms with E-state index in [0.29, 0.717) is 78.3 Å². The second kappa shape index (κ2) is 14.1. The summed E-state index contributed by atoms with van der Waals surface area (Å²) in [5.74, 6) is 1.79. The molecule has 0 aliphatic carbocycles. The average Bonchev–Trinajstić information content (AvgIpc) is 3.46. The Bertz CT molecular complexity index is 2150. The Morgan fingerprint density at radius 2 is 1.67 bits per heavy atom. The first-order chi connectivity index (χ1) is 23.7. The summed E-state index contributed by atoms with van der Waals surface area (Å²) in [6.45, 7) is 6.33. The molecule has 1 aliphatic rings. The number of amides is 1. The second-order valence-electron chi connectivity index (χ2n) is 11.4. The number of halogens is 1. The monoisotopic (exact) mass is 668 g/mol. The van der Waals surface area contributed by atoms with E-state index in [1.807, 2.05) is 25.1 Å². The third-order valence-electron chi connectivity index (χ3n) is 8.62. The van der Waals surface area contributed by atoms with Gasteiger partial charge < -0.3 is 23.8 Å². The molecule has 49 heavy (non-hydrogen) atoms. The molecule has 0 bridgehead atoms. The zero-order valence-corrected chi connectivity index (χ0v) is 27.8. The van der Waals surface area contributed by atoms with Crippen molar-refractivity contribution < 1.29 is 18.7 Å². The van der Waals surface area contributed by atoms with E-state index in [-0.39, 0.29) is 36.1 Å². The maximum Gasteiger partial charge on any atom is 0.332 e. The van der Waals surface area contributed by atoms with E-state index in [1.165, 1.54) is 34.7 Å². The number of hydrogen-bond donors (Lipinski definition) is 0. The van der Waals surface area contributed by atoms with Gasteiger partial charge in [0.05, 0.1) is 12.8 Å². The highest BCUT2D eigenvalue weighted by atomic mass is 19.1. The number of carbonyl (C=O) groups excluding carboxylic acids is 1. The van der Waals surface area contributed by atoms with E-state index < -0.39 is 0 Å². The lowest BCUT2D eigenvalue weighted by atomic mass is 10.1. The number of nitrogens with zero attached hydrogens (tertiary/aromatic N) is 8. The summed E-state index contributed by atoms with van der Waals surface area (Å²) in [4.78, 5) is 55.8. The van der Waals surface area contributed by atoms with Crippen LogP contribution in [0, 0.1) is 5.82 Å². The van der Waals surface area contributed by atoms with Crippen molar-refractivity contribution in [2.75, 3.05) is 44.8 Å². The van der Waals surface area contributed by atoms with Gasteiger partial charge in [0.1, 0.15) is 35.3 Å². The molecule has 0 spiro atoms. The third kappa shape index (κ3) is 6.66. The number of imidazole rings is 1. The lowest BCUT2D eigenvalue weighted by molar-refractivity contribution is -0.133. The van der Waals surface area contributed by atoms with Crippen LogP contribution in [0.2, 0.25) is 0 Å². The number of hydrogen-bond acceptors (Lipinski definition) is 9. The minimum atomic E-state index is -0.385. The van der Waals surface area contributed by atoms with Crippen LogP contribution < -0.4 is 25.6 Å². The summed E-state index contributed by atoms with van der Waals surface area (Å²) >= 11 is 0. The van der Waals surface area contributed by atoms with Gasteiger partial charge in [-0.25, -0.2) is 24.1 Å². The van der Waals surface area contributed by atoms with Gasteiger partial charge in [0.15, 0.2) is 17.8 Å². The van der Waals surface area contributed by atoms with Gasteiger partial charge in [0.2, 0.25) is 0 Å². The first kappa shape index (κ1) is 33.1. The SMILES string of the molecule is CCn1c(=O)c2c(nc(C=Cc3ccc(OCC(=O)N4CCN(c5cc(-c6cc(F)ccc6OC)ncn5)CC4)cc3)n2C)n(CC)c1=O. The molecule has 14 heteroatoms. The molecule has 0 unspecified atom stereocenters. The summed E-state index contributed by atoms with van der Waals surface area (Å²) < 4.78 is 29.5. The average molecular weight is 669 g/mol. The molecule has 3 aromatic heterocycles. The van der Waals surface area contributed by atoms with Crippen LogP contribution in [0.25, 0.3) is 34.6 Å². The van der Waals surface area contributed by atoms with Gasteiger partial charge in [-0.2, -0.15) is 0 Å². The zero-order chi connectivity index (χ0) is 34.7. The van der Waals surface area contributed by atoms with Crippen molar-refractivity contribution in [3.8, 4) is 22.8 Å². The van der Waals surface area contributed by atoms with E-state index in [0.717, 1.165) is 5.56 Å². The topological polar surface area (TPSA) is 130 Å². The number of methoxy groups -OCH3 is 1. The van der Waals surface area contributed by atoms with E-state index in [2.05, 4.69) is 19.9 Å². The Kier molecular flexibility index (Phi) is 9.56. The van der Waals surface area contributed by atoms with Crippen LogP contribution in [-0.4, -0.2) is 79.4 Å². The summed E-state index contributed by atoms with van der Waals surface area (Å²) in [5.41, 5.74) is 1.97. The van der Waals surface area contributed by atoms with E-state index in [1.54, 1.807) is 53.8 Å². The van der Waals surface area contributed by atoms with Crippen LogP contribution in [0.5, 0.6) is 11.5 Å². The number of benzene rings is 2. The van der Waals surface area contributed by atoms with E-state index in [9.17, 15) is 18.8 Å². The van der Waals surface area contributed by atoms with Gasteiger partial charge in [0, 0.05) is 57.9 Å². The fraction of sp³-hybridized carbons (Fsp3) is 0.314. The van der Waals surface area contributed by atoms with Crippen LogP contribution in [0.3, 0.4) is 0 Å². The molecule has 2 aromatic carbocycles. The maximum absolute atomic E-state index is 13.9. The van der Waals surface area contributed by atoms with Crippen LogP contribution in [0.1, 0.15) is 25.2 Å². The minimum Gasteiger partial charge on any atom is -0.496 e. The summed E-state index contributed by atoms with van der Waals surface area (Å²) in [5, 5.41) is 0. The predicted molar refractivity (Wildman–Crippen MR) is 184 cm³/mol. The lowest BCUT2D eigenvalue weighted by Crippen LogP contribution is -2.50. The largest absolute Gasteiger partial charge is 0.496 e. The smallest absolute Gasteiger partial charge is 0.332 e. The minimum absolute atomic E-state index is 0.0967. The normalized spacial score (nSPS) is 13.4. The molecule has 254 valence electrons. The number of ether oxygens (including phenoxy) is 2. The predicted octanol–water partition coefficient (Wildman–Crippen LogP) is 3.44. The Hall–Kier alpha value is -5.79. The first-order valence-electron chi connectivity index (χ1n) is 16.0. The zero-order valence-electron chi connectivity index (χ0n) is 27.8. The molecule has 4 heterocycles. The van der Waals surface area contributed by atoms with Gasteiger partial charge in [-0.1, -0.05) is 18.2 Å². The van der Waals surface area contributed by atoms with Gasteiger partial charge in [-0.3, -0.25) is 18.7 Å². The molecule has 1 aliphatic heterocycles. The molecular formula is C35H37FN8O5. The number of rotatable bonds is 10. The Balaban J connectivity index is 1.04. The molecule has 5 aromatic rings. The van der Waals surface area contributed by atoms with E-state index in [4.69, 9.17) is 9.47 Å². The molecule has 13 nitrogen and oxygen atoms in total. The number of anilines is 1. The molecular weight excluding hydrogens is 631 g/mol. The Morgan fingerprint density at radius 3 is 2.37 bits per heavy atom. The van der Waals surface area contributed by atoms with Gasteiger partial charge >= 0.3 is 5.69 Å². The van der Waals surface area contributed by atoms with Crippen molar-refractivity contribution >= 4 is 35.0 Å². The highest BCUT2D eigenvalue weighted by Gasteiger charge is 2.23. The number of carbonyl (C=O) groups is 1. The molecule has 0 saturated carbocycles. The van der Waals surface area contributed by atoms with Crippen molar-refractivity contribution in [2.24, 2.45) is 7.05 Å². The second-order valence-corrected chi connectivity index (χ2v) is 11.4. The molecule has 6 rings (SSSR count). The Labute approximate surface area is 281 Å². The molecule has 1 saturated heterocycles. The maximum atomic E-state index is 13.9.